The molecule has 0 radical (unpaired) electrons. The minimum atomic E-state index is -2.29. The summed E-state index contributed by atoms with van der Waals surface area (Å²) >= 11 is 0. The minimum absolute atomic E-state index is 0.0368. The Kier molecular flexibility index (Phi) is 15.9. The van der Waals surface area contributed by atoms with E-state index in [4.69, 9.17) is 21.5 Å². The molecular weight excluding hydrogens is 1180 g/mol. The first-order chi connectivity index (χ1) is 48.6. The molecule has 96 heavy (non-hydrogen) atoms. The molecule has 0 fully saturated rings. The highest BCUT2D eigenvalue weighted by Crippen LogP contribution is 2.42. The lowest BCUT2D eigenvalue weighted by atomic mass is 9.93. The number of hydrogen-bond acceptors (Lipinski definition) is 6. The molecule has 0 atom stereocenters. The topological polar surface area (TPSA) is 89.7 Å². The summed E-state index contributed by atoms with van der Waals surface area (Å²) in [6.45, 7) is 17.2. The summed E-state index contributed by atoms with van der Waals surface area (Å²) in [7, 11) is 6.18. The number of hydrogen-bond donors (Lipinski definition) is 0. The average Bonchev–Trinajstić information content (AvgIpc) is 1.58. The second-order valence-electron chi connectivity index (χ2n) is 27.2. The molecule has 0 unspecified atom stereocenters. The number of fused-ring (bicyclic) bond motifs is 9. The molecule has 15 aromatic rings. The van der Waals surface area contributed by atoms with E-state index in [-0.39, 0.29) is 11.4 Å². The van der Waals surface area contributed by atoms with Crippen molar-refractivity contribution in [2.75, 3.05) is 0 Å². The van der Waals surface area contributed by atoms with Crippen LogP contribution in [0.1, 0.15) is 100 Å². The van der Waals surface area contributed by atoms with Crippen LogP contribution < -0.4 is 13.7 Å². The monoisotopic (exact) mass is 1270 g/mol. The molecule has 15 rings (SSSR count). The van der Waals surface area contributed by atoms with Crippen molar-refractivity contribution in [1.82, 2.24) is 15.0 Å². The van der Waals surface area contributed by atoms with Crippen LogP contribution in [0.15, 0.2) is 214 Å². The standard InChI is InChI=1S/3C29H29N2O/c1-18(2)16-21-8-10-22(11-9-21)23-14-15-31(5)26(17-23)27-19(3)6-12-24-25-13-7-20(4)30-29(25)32-28(24)27;1-18(2)17-21-10-12-22(13-11-21)23-7-6-16-31(5)27(23)26-19(3)8-14-24-25-15-9-20(4)30-29(25)32-28(24)26;1-18(2)15-21-7-6-8-22(16-21)23-11-14-26(31(5)17-23)27-19(3)9-12-24-25-13-10-20(4)30-29(25)32-28(24)27/h6-15,17-18H,16H2,1-5H3;6-16,18H,17H2,1-5H3;6-14,16-18H,15H2,1-5H3/q3*+1/i2*4D3;. The number of aryl methyl sites for hydroxylation is 9. The van der Waals surface area contributed by atoms with Gasteiger partial charge in [-0.2, -0.15) is 0 Å². The van der Waals surface area contributed by atoms with Gasteiger partial charge in [0.1, 0.15) is 21.1 Å². The first-order valence-electron chi connectivity index (χ1n) is 36.4. The van der Waals surface area contributed by atoms with Gasteiger partial charge in [0.05, 0.1) is 22.3 Å². The number of benzene rings is 6. The van der Waals surface area contributed by atoms with Crippen molar-refractivity contribution in [2.24, 2.45) is 38.9 Å². The Morgan fingerprint density at radius 2 is 0.823 bits per heavy atom. The van der Waals surface area contributed by atoms with Gasteiger partial charge in [-0.05, 0) is 183 Å². The maximum atomic E-state index is 7.72. The Labute approximate surface area is 572 Å². The van der Waals surface area contributed by atoms with Crippen LogP contribution in [0, 0.1) is 59.2 Å². The zero-order valence-corrected chi connectivity index (χ0v) is 57.3. The van der Waals surface area contributed by atoms with E-state index >= 15 is 0 Å². The van der Waals surface area contributed by atoms with E-state index in [1.165, 1.54) is 33.4 Å². The molecular formula is C87H87N6O3+3. The van der Waals surface area contributed by atoms with Crippen LogP contribution in [-0.2, 0) is 40.4 Å². The second kappa shape index (κ2) is 26.8. The zero-order chi connectivity index (χ0) is 72.2. The highest BCUT2D eigenvalue weighted by molar-refractivity contribution is 6.11. The molecule has 6 aromatic carbocycles. The number of pyridine rings is 6. The van der Waals surface area contributed by atoms with E-state index in [0.717, 1.165) is 141 Å². The number of furan rings is 3. The van der Waals surface area contributed by atoms with E-state index in [9.17, 15) is 0 Å². The van der Waals surface area contributed by atoms with Gasteiger partial charge < -0.3 is 13.3 Å². The first-order valence-corrected chi connectivity index (χ1v) is 33.4. The van der Waals surface area contributed by atoms with Crippen molar-refractivity contribution < 1.29 is 35.2 Å². The lowest BCUT2D eigenvalue weighted by Crippen LogP contribution is -2.31. The van der Waals surface area contributed by atoms with Crippen LogP contribution >= 0.6 is 0 Å². The normalized spacial score (nSPS) is 12.9. The molecule has 9 heterocycles. The lowest BCUT2D eigenvalue weighted by Gasteiger charge is -2.11. The van der Waals surface area contributed by atoms with Gasteiger partial charge >= 0.3 is 0 Å². The van der Waals surface area contributed by atoms with E-state index in [2.05, 4.69) is 250 Å². The molecule has 9 nitrogen and oxygen atoms in total. The fourth-order valence-corrected chi connectivity index (χ4v) is 13.6. The predicted molar refractivity (Wildman–Crippen MR) is 395 cm³/mol. The Balaban J connectivity index is 0.000000137. The van der Waals surface area contributed by atoms with E-state index < -0.39 is 13.7 Å². The molecule has 0 saturated carbocycles. The summed E-state index contributed by atoms with van der Waals surface area (Å²) in [6, 6.07) is 62.8. The molecule has 0 spiro atoms. The van der Waals surface area contributed by atoms with Gasteiger partial charge in [0.15, 0.2) is 35.3 Å². The minimum Gasteiger partial charge on any atom is -0.437 e. The summed E-state index contributed by atoms with van der Waals surface area (Å²) in [5.74, 6) is 1.88. The molecule has 480 valence electrons. The van der Waals surface area contributed by atoms with E-state index in [0.29, 0.717) is 34.9 Å². The number of nitrogens with zero attached hydrogens (tertiary/aromatic N) is 6. The third-order valence-electron chi connectivity index (χ3n) is 18.2. The smallest absolute Gasteiger partial charge is 0.227 e. The van der Waals surface area contributed by atoms with Crippen LogP contribution in [0.4, 0.5) is 0 Å². The Hall–Kier alpha value is -10.4. The Morgan fingerprint density at radius 3 is 1.35 bits per heavy atom. The second-order valence-corrected chi connectivity index (χ2v) is 27.2. The lowest BCUT2D eigenvalue weighted by molar-refractivity contribution is -0.660. The average molecular weight is 1270 g/mol. The van der Waals surface area contributed by atoms with Gasteiger partial charge in [-0.1, -0.05) is 151 Å². The van der Waals surface area contributed by atoms with Gasteiger partial charge in [0.2, 0.25) is 34.2 Å². The van der Waals surface area contributed by atoms with Crippen molar-refractivity contribution in [3.63, 3.8) is 0 Å². The van der Waals surface area contributed by atoms with Crippen LogP contribution in [0.3, 0.4) is 0 Å². The molecule has 0 amide bonds. The molecule has 9 heteroatoms. The summed E-state index contributed by atoms with van der Waals surface area (Å²) in [4.78, 5) is 13.3. The maximum Gasteiger partial charge on any atom is 0.227 e. The van der Waals surface area contributed by atoms with Crippen molar-refractivity contribution in [3.8, 4) is 67.2 Å². The van der Waals surface area contributed by atoms with Gasteiger partial charge in [0.25, 0.3) is 0 Å². The predicted octanol–water partition coefficient (Wildman–Crippen LogP) is 20.9. The number of aromatic nitrogens is 6. The summed E-state index contributed by atoms with van der Waals surface area (Å²) < 4.78 is 71.5. The van der Waals surface area contributed by atoms with Crippen LogP contribution in [0.25, 0.3) is 133 Å². The third-order valence-corrected chi connectivity index (χ3v) is 18.2. The largest absolute Gasteiger partial charge is 0.437 e. The third kappa shape index (κ3) is 13.0. The number of rotatable bonds is 12. The highest BCUT2D eigenvalue weighted by Gasteiger charge is 2.27. The molecule has 0 N–H and O–H groups in total. The van der Waals surface area contributed by atoms with Crippen molar-refractivity contribution in [3.05, 3.63) is 251 Å². The summed E-state index contributed by atoms with van der Waals surface area (Å²) in [5.41, 5.74) is 25.5. The molecule has 0 aliphatic rings. The van der Waals surface area contributed by atoms with Gasteiger partial charge in [0, 0.05) is 87.5 Å². The van der Waals surface area contributed by atoms with Gasteiger partial charge in [-0.25, -0.2) is 28.7 Å². The SMILES string of the molecule is Cc1ccc2c(n1)oc1c(-c3ccc(-c4cccc(CC(C)C)c4)c[n+]3C)c(C)ccc12.[2H]C([2H])([2H])c1ccc2c(n1)oc1c(-c3c(-c4ccc(CC(C)C)cc4)ccc[n+]3C)c(C)ccc12.[2H]C([2H])([2H])c1ccc2c(n1)oc1c(-c3cc(-c4ccc(CC(C)C)cc4)cc[n+]3C)c(C)ccc12. The maximum absolute atomic E-state index is 7.72. The fourth-order valence-electron chi connectivity index (χ4n) is 13.6. The molecule has 0 saturated heterocycles. The first kappa shape index (κ1) is 57.1. The summed E-state index contributed by atoms with van der Waals surface area (Å²) in [5, 5.41) is 5.65. The van der Waals surface area contributed by atoms with Crippen molar-refractivity contribution in [2.45, 2.75) is 102 Å². The molecule has 9 aromatic heterocycles. The van der Waals surface area contributed by atoms with Crippen LogP contribution in [0.2, 0.25) is 0 Å². The molecule has 0 aliphatic heterocycles. The Morgan fingerprint density at radius 1 is 0.365 bits per heavy atom. The van der Waals surface area contributed by atoms with E-state index in [1.807, 2.05) is 45.4 Å². The summed E-state index contributed by atoms with van der Waals surface area (Å²) in [6.07, 6.45) is 9.54. The van der Waals surface area contributed by atoms with Gasteiger partial charge in [-0.15, -0.1) is 0 Å². The van der Waals surface area contributed by atoms with Gasteiger partial charge in [-0.3, -0.25) is 0 Å². The highest BCUT2D eigenvalue weighted by atomic mass is 16.3. The van der Waals surface area contributed by atoms with Crippen molar-refractivity contribution >= 4 is 66.2 Å². The van der Waals surface area contributed by atoms with Crippen molar-refractivity contribution in [1.29, 1.82) is 0 Å². The van der Waals surface area contributed by atoms with E-state index in [1.54, 1.807) is 24.3 Å². The molecule has 0 bridgehead atoms. The fraction of sp³-hybridized carbons (Fsp3) is 0.241. The zero-order valence-electron chi connectivity index (χ0n) is 63.3. The molecule has 0 aliphatic carbocycles. The Bertz CT molecular complexity index is 5660. The van der Waals surface area contributed by atoms with Crippen LogP contribution in [0.5, 0.6) is 0 Å². The van der Waals surface area contributed by atoms with Crippen LogP contribution in [-0.4, -0.2) is 15.0 Å². The quantitative estimate of drug-likeness (QED) is 0.113.